The van der Waals surface area contributed by atoms with E-state index in [9.17, 15) is 10.1 Å². The zero-order chi connectivity index (χ0) is 12.3. The largest absolute Gasteiger partial charge is 0.492 e. The molecule has 0 saturated carbocycles. The molecule has 5 nitrogen and oxygen atoms in total. The Hall–Kier alpha value is -1.33. The van der Waals surface area contributed by atoms with Gasteiger partial charge in [-0.05, 0) is 19.0 Å². The highest BCUT2D eigenvalue weighted by atomic mass is 35.5. The summed E-state index contributed by atoms with van der Waals surface area (Å²) in [5.74, 6) is 0.991. The molecule has 1 N–H and O–H groups in total. The first-order chi connectivity index (χ1) is 8.16. The molecule has 0 aromatic heterocycles. The van der Waals surface area contributed by atoms with E-state index in [1.54, 1.807) is 6.07 Å². The summed E-state index contributed by atoms with van der Waals surface area (Å²) in [6.45, 7) is 2.55. The van der Waals surface area contributed by atoms with Crippen LogP contribution in [0.25, 0.3) is 0 Å². The minimum absolute atomic E-state index is 0.0233. The van der Waals surface area contributed by atoms with Crippen LogP contribution in [0.15, 0.2) is 18.2 Å². The van der Waals surface area contributed by atoms with Gasteiger partial charge in [0.25, 0.3) is 5.69 Å². The van der Waals surface area contributed by atoms with Crippen LogP contribution in [0.1, 0.15) is 6.42 Å². The Labute approximate surface area is 104 Å². The van der Waals surface area contributed by atoms with Crippen LogP contribution in [-0.4, -0.2) is 24.6 Å². The number of hydrogen-bond donors (Lipinski definition) is 1. The Morgan fingerprint density at radius 2 is 2.41 bits per heavy atom. The van der Waals surface area contributed by atoms with Crippen molar-refractivity contribution in [2.24, 2.45) is 5.92 Å². The average molecular weight is 257 g/mol. The van der Waals surface area contributed by atoms with Crippen molar-refractivity contribution in [1.82, 2.24) is 5.32 Å². The lowest BCUT2D eigenvalue weighted by Gasteiger charge is -2.11. The van der Waals surface area contributed by atoms with Gasteiger partial charge in [-0.25, -0.2) is 0 Å². The van der Waals surface area contributed by atoms with Gasteiger partial charge in [-0.1, -0.05) is 11.6 Å². The van der Waals surface area contributed by atoms with Gasteiger partial charge in [0.05, 0.1) is 16.6 Å². The fraction of sp³-hybridized carbons (Fsp3) is 0.455. The normalized spacial score (nSPS) is 19.2. The van der Waals surface area contributed by atoms with Gasteiger partial charge in [0.15, 0.2) is 0 Å². The summed E-state index contributed by atoms with van der Waals surface area (Å²) in [5, 5.41) is 14.1. The summed E-state index contributed by atoms with van der Waals surface area (Å²) < 4.78 is 5.56. The molecule has 0 unspecified atom stereocenters. The molecule has 0 amide bonds. The molecule has 1 atom stereocenters. The van der Waals surface area contributed by atoms with Crippen molar-refractivity contribution in [3.05, 3.63) is 33.3 Å². The molecule has 1 heterocycles. The van der Waals surface area contributed by atoms with Gasteiger partial charge in [-0.2, -0.15) is 0 Å². The third-order valence-corrected chi connectivity index (χ3v) is 3.06. The maximum atomic E-state index is 10.5. The lowest BCUT2D eigenvalue weighted by molar-refractivity contribution is -0.384. The van der Waals surface area contributed by atoms with E-state index in [4.69, 9.17) is 16.3 Å². The number of halogens is 1. The van der Waals surface area contributed by atoms with Gasteiger partial charge in [0.2, 0.25) is 0 Å². The van der Waals surface area contributed by atoms with Gasteiger partial charge in [-0.3, -0.25) is 10.1 Å². The quantitative estimate of drug-likeness (QED) is 0.663. The zero-order valence-corrected chi connectivity index (χ0v) is 9.94. The fourth-order valence-corrected chi connectivity index (χ4v) is 2.01. The second kappa shape index (κ2) is 5.33. The van der Waals surface area contributed by atoms with Crippen LogP contribution in [0.4, 0.5) is 5.69 Å². The molecule has 1 fully saturated rings. The summed E-state index contributed by atoms with van der Waals surface area (Å²) in [4.78, 5) is 10.1. The van der Waals surface area contributed by atoms with Crippen molar-refractivity contribution >= 4 is 17.3 Å². The maximum absolute atomic E-state index is 10.5. The van der Waals surface area contributed by atoms with Crippen molar-refractivity contribution in [1.29, 1.82) is 0 Å². The summed E-state index contributed by atoms with van der Waals surface area (Å²) in [6, 6.07) is 4.25. The Balaban J connectivity index is 1.98. The van der Waals surface area contributed by atoms with E-state index in [-0.39, 0.29) is 10.7 Å². The van der Waals surface area contributed by atoms with Crippen molar-refractivity contribution < 1.29 is 9.66 Å². The Bertz CT molecular complexity index is 419. The molecule has 1 saturated heterocycles. The number of rotatable bonds is 4. The van der Waals surface area contributed by atoms with Crippen LogP contribution in [0.2, 0.25) is 5.02 Å². The van der Waals surface area contributed by atoms with E-state index < -0.39 is 4.92 Å². The molecule has 0 bridgehead atoms. The zero-order valence-electron chi connectivity index (χ0n) is 9.19. The second-order valence-corrected chi connectivity index (χ2v) is 4.45. The predicted molar refractivity (Wildman–Crippen MR) is 64.6 cm³/mol. The maximum Gasteiger partial charge on any atom is 0.271 e. The molecule has 1 aromatic rings. The van der Waals surface area contributed by atoms with E-state index in [2.05, 4.69) is 5.32 Å². The highest BCUT2D eigenvalue weighted by Gasteiger charge is 2.16. The van der Waals surface area contributed by atoms with Crippen LogP contribution >= 0.6 is 11.6 Å². The monoisotopic (exact) mass is 256 g/mol. The lowest BCUT2D eigenvalue weighted by atomic mass is 10.1. The first-order valence-electron chi connectivity index (χ1n) is 5.44. The molecule has 1 aliphatic rings. The highest BCUT2D eigenvalue weighted by molar-refractivity contribution is 6.32. The number of nitrogens with one attached hydrogen (secondary N) is 1. The number of hydrogen-bond acceptors (Lipinski definition) is 4. The van der Waals surface area contributed by atoms with Gasteiger partial charge >= 0.3 is 0 Å². The van der Waals surface area contributed by atoms with Crippen molar-refractivity contribution in [3.63, 3.8) is 0 Å². The van der Waals surface area contributed by atoms with Crippen LogP contribution in [0, 0.1) is 16.0 Å². The molecule has 2 rings (SSSR count). The Morgan fingerprint density at radius 1 is 1.59 bits per heavy atom. The molecule has 92 valence electrons. The molecule has 1 aliphatic heterocycles. The number of nitro benzene ring substituents is 1. The Kier molecular flexibility index (Phi) is 3.81. The molecule has 17 heavy (non-hydrogen) atoms. The molecule has 0 radical (unpaired) electrons. The van der Waals surface area contributed by atoms with Gasteiger partial charge in [0.1, 0.15) is 5.75 Å². The topological polar surface area (TPSA) is 64.4 Å². The minimum atomic E-state index is -0.476. The minimum Gasteiger partial charge on any atom is -0.492 e. The second-order valence-electron chi connectivity index (χ2n) is 4.04. The molecule has 0 aliphatic carbocycles. The third-order valence-electron chi connectivity index (χ3n) is 2.76. The third kappa shape index (κ3) is 3.08. The highest BCUT2D eigenvalue weighted by Crippen LogP contribution is 2.29. The molecule has 1 aromatic carbocycles. The van der Waals surface area contributed by atoms with Gasteiger partial charge in [-0.15, -0.1) is 0 Å². The van der Waals surface area contributed by atoms with Gasteiger partial charge in [0, 0.05) is 24.6 Å². The summed E-state index contributed by atoms with van der Waals surface area (Å²) >= 11 is 5.91. The molecular weight excluding hydrogens is 244 g/mol. The van der Waals surface area contributed by atoms with Crippen LogP contribution in [-0.2, 0) is 0 Å². The standard InChI is InChI=1S/C11H13ClN2O3/c12-10-5-9(14(15)16)1-2-11(10)17-7-8-3-4-13-6-8/h1-2,5,8,13H,3-4,6-7H2/t8-/m0/s1. The van der Waals surface area contributed by atoms with Gasteiger partial charge < -0.3 is 10.1 Å². The molecule has 6 heteroatoms. The number of nitro groups is 1. The van der Waals surface area contributed by atoms with Crippen LogP contribution < -0.4 is 10.1 Å². The van der Waals surface area contributed by atoms with Crippen LogP contribution in [0.3, 0.4) is 0 Å². The average Bonchev–Trinajstić information content (AvgIpc) is 2.80. The number of non-ortho nitro benzene ring substituents is 1. The van der Waals surface area contributed by atoms with E-state index in [0.717, 1.165) is 19.5 Å². The van der Waals surface area contributed by atoms with Crippen molar-refractivity contribution in [3.8, 4) is 5.75 Å². The Morgan fingerprint density at radius 3 is 3.00 bits per heavy atom. The van der Waals surface area contributed by atoms with E-state index in [0.29, 0.717) is 18.3 Å². The van der Waals surface area contributed by atoms with E-state index >= 15 is 0 Å². The number of ether oxygens (including phenoxy) is 1. The molecule has 0 spiro atoms. The number of nitrogens with zero attached hydrogens (tertiary/aromatic N) is 1. The van der Waals surface area contributed by atoms with E-state index in [1.165, 1.54) is 12.1 Å². The summed E-state index contributed by atoms with van der Waals surface area (Å²) in [5.41, 5.74) is -0.0233. The fourth-order valence-electron chi connectivity index (χ4n) is 1.78. The predicted octanol–water partition coefficient (Wildman–Crippen LogP) is 2.24. The summed E-state index contributed by atoms with van der Waals surface area (Å²) in [7, 11) is 0. The lowest BCUT2D eigenvalue weighted by Crippen LogP contribution is -2.15. The SMILES string of the molecule is O=[N+]([O-])c1ccc(OC[C@H]2CCNC2)c(Cl)c1. The first-order valence-corrected chi connectivity index (χ1v) is 5.82. The summed E-state index contributed by atoms with van der Waals surface area (Å²) in [6.07, 6.45) is 1.09. The van der Waals surface area contributed by atoms with Crippen molar-refractivity contribution in [2.75, 3.05) is 19.7 Å². The van der Waals surface area contributed by atoms with Crippen LogP contribution in [0.5, 0.6) is 5.75 Å². The van der Waals surface area contributed by atoms with E-state index in [1.807, 2.05) is 0 Å². The molecular formula is C11H13ClN2O3. The first kappa shape index (κ1) is 12.1. The van der Waals surface area contributed by atoms with Crippen molar-refractivity contribution in [2.45, 2.75) is 6.42 Å². The number of benzene rings is 1. The smallest absolute Gasteiger partial charge is 0.271 e.